The maximum atomic E-state index is 2.63. The molecule has 0 heterocycles. The molecule has 0 aliphatic rings. The molecule has 0 radical (unpaired) electrons. The summed E-state index contributed by atoms with van der Waals surface area (Å²) in [4.78, 5) is 0. The molecule has 4 aromatic carbocycles. The van der Waals surface area contributed by atoms with Crippen molar-refractivity contribution >= 4 is 58.2 Å². The van der Waals surface area contributed by atoms with Crippen molar-refractivity contribution in [2.45, 2.75) is 0 Å². The van der Waals surface area contributed by atoms with E-state index in [1.54, 1.807) is 0 Å². The second-order valence-corrected chi connectivity index (χ2v) is 8.31. The molecule has 4 atom stereocenters. The molecule has 0 bridgehead atoms. The largest absolute Gasteiger partial charge is 0.106 e. The molecule has 0 saturated heterocycles. The average molecular weight is 635 g/mol. The minimum Gasteiger partial charge on any atom is -0.106 e. The Kier molecular flexibility index (Phi) is 18.8. The number of hydrogen-bond acceptors (Lipinski definition) is 0. The molecule has 0 spiro atoms. The third-order valence-electron chi connectivity index (χ3n) is 3.20. The van der Waals surface area contributed by atoms with Gasteiger partial charge in [0.25, 0.3) is 0 Å². The molecular weight excluding hydrogens is 607 g/mol. The molecule has 4 rings (SSSR count). The number of rotatable bonds is 0. The van der Waals surface area contributed by atoms with Gasteiger partial charge in [-0.1, -0.05) is 121 Å². The molecule has 4 aromatic rings. The van der Waals surface area contributed by atoms with Gasteiger partial charge in [-0.3, -0.25) is 0 Å². The molecule has 154 valence electrons. The Hall–Kier alpha value is -0.712. The van der Waals surface area contributed by atoms with E-state index in [1.807, 2.05) is 121 Å². The average Bonchev–Trinajstić information content (AvgIpc) is 2.72. The van der Waals surface area contributed by atoms with Crippen LogP contribution in [0.4, 0.5) is 0 Å². The molecule has 0 saturated carbocycles. The first-order valence-electron chi connectivity index (χ1n) is 8.80. The summed E-state index contributed by atoms with van der Waals surface area (Å²) in [6, 6.07) is 40.5. The maximum Gasteiger partial charge on any atom is 0 e. The van der Waals surface area contributed by atoms with Gasteiger partial charge in [-0.15, -0.1) is 37.0 Å². The number of benzene rings is 4. The molecule has 0 nitrogen and oxygen atoms in total. The van der Waals surface area contributed by atoms with Gasteiger partial charge in [0.05, 0.1) is 0 Å². The van der Waals surface area contributed by atoms with Gasteiger partial charge in [-0.25, -0.2) is 0 Å². The van der Waals surface area contributed by atoms with Crippen molar-refractivity contribution < 1.29 is 21.1 Å². The summed E-state index contributed by atoms with van der Waals surface area (Å²) in [5.41, 5.74) is 0. The van der Waals surface area contributed by atoms with Crippen LogP contribution in [0.1, 0.15) is 0 Å². The van der Waals surface area contributed by atoms with Crippen molar-refractivity contribution in [3.8, 4) is 0 Å². The normalized spacial score (nSPS) is 8.41. The van der Waals surface area contributed by atoms with E-state index >= 15 is 0 Å². The van der Waals surface area contributed by atoms with Gasteiger partial charge in [0.1, 0.15) is 0 Å². The first kappa shape index (κ1) is 28.3. The van der Waals surface area contributed by atoms with E-state index in [2.05, 4.69) is 37.0 Å². The van der Waals surface area contributed by atoms with Crippen LogP contribution in [0.25, 0.3) is 0 Å². The summed E-state index contributed by atoms with van der Waals surface area (Å²) in [5, 5.41) is 4.95. The fourth-order valence-electron chi connectivity index (χ4n) is 1.81. The van der Waals surface area contributed by atoms with E-state index in [0.29, 0.717) is 0 Å². The van der Waals surface area contributed by atoms with E-state index in [-0.39, 0.29) is 21.1 Å². The van der Waals surface area contributed by atoms with Gasteiger partial charge in [-0.2, -0.15) is 0 Å². The van der Waals surface area contributed by atoms with Gasteiger partial charge < -0.3 is 0 Å². The van der Waals surface area contributed by atoms with Crippen molar-refractivity contribution in [2.24, 2.45) is 0 Å². The Morgan fingerprint density at radius 2 is 0.414 bits per heavy atom. The van der Waals surface area contributed by atoms with Crippen LogP contribution in [-0.2, 0) is 21.1 Å². The van der Waals surface area contributed by atoms with Crippen LogP contribution >= 0.6 is 37.0 Å². The first-order valence-corrected chi connectivity index (χ1v) is 11.1. The summed E-state index contributed by atoms with van der Waals surface area (Å²) in [6.45, 7) is 0. The van der Waals surface area contributed by atoms with Crippen LogP contribution in [0.5, 0.6) is 0 Å². The Labute approximate surface area is 199 Å². The fourth-order valence-corrected chi connectivity index (χ4v) is 2.70. The van der Waals surface area contributed by atoms with Gasteiger partial charge in [-0.05, 0) is 21.2 Å². The summed E-state index contributed by atoms with van der Waals surface area (Å²) in [6.07, 6.45) is 0. The molecule has 0 fully saturated rings. The Bertz CT molecular complexity index is 693. The molecule has 0 aliphatic heterocycles. The summed E-state index contributed by atoms with van der Waals surface area (Å²) in [7, 11) is 10.5. The maximum absolute atomic E-state index is 2.63. The third-order valence-corrected chi connectivity index (χ3v) is 4.74. The van der Waals surface area contributed by atoms with Gasteiger partial charge >= 0.3 is 0 Å². The molecule has 0 aromatic heterocycles. The van der Waals surface area contributed by atoms with Crippen LogP contribution in [-0.4, -0.2) is 0 Å². The molecule has 0 aliphatic carbocycles. The zero-order valence-corrected chi connectivity index (χ0v) is 23.1. The van der Waals surface area contributed by atoms with E-state index in [9.17, 15) is 0 Å². The molecule has 0 N–H and O–H groups in total. The van der Waals surface area contributed by atoms with E-state index in [0.717, 1.165) is 0 Å². The molecule has 4 unspecified atom stereocenters. The second kappa shape index (κ2) is 19.3. The van der Waals surface area contributed by atoms with Crippen LogP contribution in [0.2, 0.25) is 0 Å². The van der Waals surface area contributed by atoms with Crippen LogP contribution in [0.3, 0.4) is 0 Å². The van der Waals surface area contributed by atoms with Gasteiger partial charge in [0, 0.05) is 21.1 Å². The zero-order valence-electron chi connectivity index (χ0n) is 16.2. The summed E-state index contributed by atoms with van der Waals surface area (Å²) < 4.78 is 0. The molecule has 5 heteroatoms. The summed E-state index contributed by atoms with van der Waals surface area (Å²) >= 11 is 0. The Balaban J connectivity index is 0.000000356. The topological polar surface area (TPSA) is 0 Å². The van der Waals surface area contributed by atoms with E-state index in [1.165, 1.54) is 21.2 Å². The third kappa shape index (κ3) is 17.8. The zero-order chi connectivity index (χ0) is 20.5. The van der Waals surface area contributed by atoms with Gasteiger partial charge in [0.2, 0.25) is 0 Å². The van der Waals surface area contributed by atoms with E-state index in [4.69, 9.17) is 0 Å². The fraction of sp³-hybridized carbons (Fsp3) is 0. The molecule has 0 amide bonds. The van der Waals surface area contributed by atoms with Gasteiger partial charge in [0.15, 0.2) is 0 Å². The summed E-state index contributed by atoms with van der Waals surface area (Å²) in [5.74, 6) is 0. The van der Waals surface area contributed by atoms with Crippen molar-refractivity contribution in [1.82, 2.24) is 0 Å². The Morgan fingerprint density at radius 3 is 0.483 bits per heavy atom. The molecular formula is C24H28P4Pt. The van der Waals surface area contributed by atoms with Crippen molar-refractivity contribution in [3.63, 3.8) is 0 Å². The predicted octanol–water partition coefficient (Wildman–Crippen LogP) is 4.75. The smallest absolute Gasteiger partial charge is 0 e. The number of hydrogen-bond donors (Lipinski definition) is 0. The van der Waals surface area contributed by atoms with Crippen molar-refractivity contribution in [1.29, 1.82) is 0 Å². The first-order chi connectivity index (χ1) is 13.6. The SMILES string of the molecule is Pc1ccccc1.Pc1ccccc1.Pc1ccccc1.Pc1ccccc1.[Pt]. The molecule has 29 heavy (non-hydrogen) atoms. The predicted molar refractivity (Wildman–Crippen MR) is 143 cm³/mol. The quantitative estimate of drug-likeness (QED) is 0.245. The van der Waals surface area contributed by atoms with Crippen LogP contribution in [0.15, 0.2) is 121 Å². The van der Waals surface area contributed by atoms with E-state index < -0.39 is 0 Å². The van der Waals surface area contributed by atoms with Crippen LogP contribution in [0, 0.1) is 0 Å². The van der Waals surface area contributed by atoms with Crippen LogP contribution < -0.4 is 21.2 Å². The monoisotopic (exact) mass is 635 g/mol. The standard InChI is InChI=1S/4C6H7P.Pt/c4*7-6-4-2-1-3-5-6;/h4*1-5H,7H2;. The Morgan fingerprint density at radius 1 is 0.276 bits per heavy atom. The van der Waals surface area contributed by atoms with Crippen molar-refractivity contribution in [3.05, 3.63) is 121 Å². The van der Waals surface area contributed by atoms with Crippen molar-refractivity contribution in [2.75, 3.05) is 0 Å². The second-order valence-electron chi connectivity index (χ2n) is 5.64. The minimum atomic E-state index is 0. The minimum absolute atomic E-state index is 0.